The third kappa shape index (κ3) is 4.21. The fourth-order valence-corrected chi connectivity index (χ4v) is 2.47. The van der Waals surface area contributed by atoms with E-state index in [1.54, 1.807) is 42.7 Å². The number of nitrogens with one attached hydrogen (secondary N) is 1. The first kappa shape index (κ1) is 17.1. The Kier molecular flexibility index (Phi) is 5.19. The number of carboxylic acids is 1. The first-order chi connectivity index (χ1) is 12.6. The van der Waals surface area contributed by atoms with E-state index in [0.29, 0.717) is 0 Å². The Morgan fingerprint density at radius 2 is 1.65 bits per heavy atom. The van der Waals surface area contributed by atoms with Crippen molar-refractivity contribution < 1.29 is 14.7 Å². The van der Waals surface area contributed by atoms with Crippen LogP contribution in [0.15, 0.2) is 79.1 Å². The summed E-state index contributed by atoms with van der Waals surface area (Å²) in [6, 6.07) is 18.0. The lowest BCUT2D eigenvalue weighted by Gasteiger charge is -2.10. The molecule has 1 aromatic heterocycles. The molecule has 0 bridgehead atoms. The molecule has 0 unspecified atom stereocenters. The molecule has 2 aromatic carbocycles. The van der Waals surface area contributed by atoms with Gasteiger partial charge in [0, 0.05) is 18.5 Å². The number of hydrogen-bond donors (Lipinski definition) is 2. The van der Waals surface area contributed by atoms with Crippen molar-refractivity contribution >= 4 is 23.6 Å². The summed E-state index contributed by atoms with van der Waals surface area (Å²) in [5, 5.41) is 12.0. The molecule has 3 aromatic rings. The fourth-order valence-electron chi connectivity index (χ4n) is 2.47. The molecule has 0 saturated heterocycles. The second-order valence-corrected chi connectivity index (χ2v) is 5.53. The van der Waals surface area contributed by atoms with Crippen molar-refractivity contribution in [2.24, 2.45) is 0 Å². The number of hydrogen-bond acceptors (Lipinski definition) is 3. The largest absolute Gasteiger partial charge is 0.478 e. The second-order valence-electron chi connectivity index (χ2n) is 5.53. The number of aromatic carboxylic acids is 1. The van der Waals surface area contributed by atoms with Crippen LogP contribution < -0.4 is 5.32 Å². The normalized spacial score (nSPS) is 10.6. The zero-order valence-corrected chi connectivity index (χ0v) is 13.8. The number of anilines is 1. The Morgan fingerprint density at radius 1 is 0.923 bits per heavy atom. The van der Waals surface area contributed by atoms with Crippen LogP contribution in [-0.4, -0.2) is 22.0 Å². The maximum Gasteiger partial charge on any atom is 0.337 e. The third-order valence-electron chi connectivity index (χ3n) is 3.75. The van der Waals surface area contributed by atoms with Crippen LogP contribution in [0.1, 0.15) is 15.9 Å². The number of pyridine rings is 1. The summed E-state index contributed by atoms with van der Waals surface area (Å²) in [5.41, 5.74) is 2.88. The molecule has 0 fully saturated rings. The maximum atomic E-state index is 12.2. The lowest BCUT2D eigenvalue weighted by atomic mass is 10.0. The summed E-state index contributed by atoms with van der Waals surface area (Å²) in [5.74, 6) is -1.51. The van der Waals surface area contributed by atoms with Gasteiger partial charge in [-0.2, -0.15) is 0 Å². The van der Waals surface area contributed by atoms with Gasteiger partial charge in [-0.05, 0) is 47.0 Å². The fraction of sp³-hybridized carbons (Fsp3) is 0. The molecular formula is C21H16N2O3. The van der Waals surface area contributed by atoms with Crippen LogP contribution in [0.3, 0.4) is 0 Å². The number of carboxylic acid groups (broad SMARTS) is 1. The van der Waals surface area contributed by atoms with Crippen LogP contribution in [-0.2, 0) is 4.79 Å². The molecule has 0 atom stereocenters. The van der Waals surface area contributed by atoms with Gasteiger partial charge >= 0.3 is 5.97 Å². The molecule has 5 nitrogen and oxygen atoms in total. The molecule has 1 heterocycles. The average Bonchev–Trinajstić information content (AvgIpc) is 2.67. The first-order valence-corrected chi connectivity index (χ1v) is 7.95. The molecular weight excluding hydrogens is 328 g/mol. The summed E-state index contributed by atoms with van der Waals surface area (Å²) in [6.45, 7) is 0. The molecule has 0 radical (unpaired) electrons. The minimum Gasteiger partial charge on any atom is -0.478 e. The Bertz CT molecular complexity index is 952. The number of benzene rings is 2. The van der Waals surface area contributed by atoms with E-state index in [9.17, 15) is 14.7 Å². The Morgan fingerprint density at radius 3 is 2.35 bits per heavy atom. The van der Waals surface area contributed by atoms with Gasteiger partial charge in [-0.1, -0.05) is 36.4 Å². The molecule has 26 heavy (non-hydrogen) atoms. The van der Waals surface area contributed by atoms with Gasteiger partial charge in [0.15, 0.2) is 0 Å². The van der Waals surface area contributed by atoms with Crippen molar-refractivity contribution in [1.29, 1.82) is 0 Å². The molecule has 5 heteroatoms. The van der Waals surface area contributed by atoms with Crippen molar-refractivity contribution in [2.45, 2.75) is 0 Å². The summed E-state index contributed by atoms with van der Waals surface area (Å²) in [4.78, 5) is 27.6. The van der Waals surface area contributed by atoms with Gasteiger partial charge in [0.2, 0.25) is 5.91 Å². The van der Waals surface area contributed by atoms with Gasteiger partial charge in [0.1, 0.15) is 0 Å². The SMILES string of the molecule is O=C(C=Cc1ccncc1)Nc1cc(-c2ccccc2)ccc1C(=O)O. The topological polar surface area (TPSA) is 79.3 Å². The zero-order chi connectivity index (χ0) is 18.4. The van der Waals surface area contributed by atoms with Gasteiger partial charge in [-0.25, -0.2) is 4.79 Å². The Labute approximate surface area is 150 Å². The number of aromatic nitrogens is 1. The third-order valence-corrected chi connectivity index (χ3v) is 3.75. The molecule has 0 aliphatic carbocycles. The van der Waals surface area contributed by atoms with Gasteiger partial charge in [0.25, 0.3) is 0 Å². The van der Waals surface area contributed by atoms with E-state index in [1.165, 1.54) is 12.1 Å². The van der Waals surface area contributed by atoms with Crippen molar-refractivity contribution in [2.75, 3.05) is 5.32 Å². The number of amides is 1. The van der Waals surface area contributed by atoms with E-state index in [2.05, 4.69) is 10.3 Å². The molecule has 0 saturated carbocycles. The molecule has 1 amide bonds. The van der Waals surface area contributed by atoms with Crippen LogP contribution in [0.4, 0.5) is 5.69 Å². The summed E-state index contributed by atoms with van der Waals surface area (Å²) < 4.78 is 0. The standard InChI is InChI=1S/C21H16N2O3/c24-20(9-6-15-10-12-22-13-11-15)23-19-14-17(7-8-18(19)21(25)26)16-4-2-1-3-5-16/h1-14H,(H,23,24)(H,25,26). The van der Waals surface area contributed by atoms with Crippen molar-refractivity contribution in [1.82, 2.24) is 4.98 Å². The number of carbonyl (C=O) groups is 2. The van der Waals surface area contributed by atoms with E-state index in [1.807, 2.05) is 30.3 Å². The Balaban J connectivity index is 1.86. The first-order valence-electron chi connectivity index (χ1n) is 7.95. The highest BCUT2D eigenvalue weighted by atomic mass is 16.4. The van der Waals surface area contributed by atoms with Crippen molar-refractivity contribution in [3.8, 4) is 11.1 Å². The van der Waals surface area contributed by atoms with E-state index >= 15 is 0 Å². The molecule has 128 valence electrons. The average molecular weight is 344 g/mol. The predicted molar refractivity (Wildman–Crippen MR) is 101 cm³/mol. The lowest BCUT2D eigenvalue weighted by molar-refractivity contribution is -0.111. The van der Waals surface area contributed by atoms with E-state index in [4.69, 9.17) is 0 Å². The smallest absolute Gasteiger partial charge is 0.337 e. The van der Waals surface area contributed by atoms with Crippen LogP contribution in [0.5, 0.6) is 0 Å². The number of rotatable bonds is 5. The number of nitrogens with zero attached hydrogens (tertiary/aromatic N) is 1. The Hall–Kier alpha value is -3.73. The molecule has 0 spiro atoms. The lowest BCUT2D eigenvalue weighted by Crippen LogP contribution is -2.12. The van der Waals surface area contributed by atoms with E-state index in [-0.39, 0.29) is 11.3 Å². The summed E-state index contributed by atoms with van der Waals surface area (Å²) in [7, 11) is 0. The minimum absolute atomic E-state index is 0.0374. The highest BCUT2D eigenvalue weighted by Gasteiger charge is 2.13. The monoisotopic (exact) mass is 344 g/mol. The number of carbonyl (C=O) groups excluding carboxylic acids is 1. The highest BCUT2D eigenvalue weighted by Crippen LogP contribution is 2.26. The molecule has 0 aliphatic heterocycles. The molecule has 2 N–H and O–H groups in total. The second kappa shape index (κ2) is 7.90. The van der Waals surface area contributed by atoms with Gasteiger partial charge in [0.05, 0.1) is 11.3 Å². The molecule has 3 rings (SSSR count). The van der Waals surface area contributed by atoms with E-state index < -0.39 is 11.9 Å². The van der Waals surface area contributed by atoms with Gasteiger partial charge in [-0.3, -0.25) is 9.78 Å². The van der Waals surface area contributed by atoms with Crippen LogP contribution in [0, 0.1) is 0 Å². The molecule has 0 aliphatic rings. The van der Waals surface area contributed by atoms with Crippen molar-refractivity contribution in [3.05, 3.63) is 90.3 Å². The van der Waals surface area contributed by atoms with Crippen molar-refractivity contribution in [3.63, 3.8) is 0 Å². The zero-order valence-electron chi connectivity index (χ0n) is 13.8. The van der Waals surface area contributed by atoms with Crippen LogP contribution in [0.25, 0.3) is 17.2 Å². The predicted octanol–water partition coefficient (Wildman–Crippen LogP) is 4.10. The van der Waals surface area contributed by atoms with Crippen LogP contribution in [0.2, 0.25) is 0 Å². The van der Waals surface area contributed by atoms with Gasteiger partial charge < -0.3 is 10.4 Å². The summed E-state index contributed by atoms with van der Waals surface area (Å²) in [6.07, 6.45) is 6.25. The minimum atomic E-state index is -1.10. The maximum absolute atomic E-state index is 12.2. The van der Waals surface area contributed by atoms with Crippen LogP contribution >= 0.6 is 0 Å². The van der Waals surface area contributed by atoms with E-state index in [0.717, 1.165) is 16.7 Å². The highest BCUT2D eigenvalue weighted by molar-refractivity contribution is 6.06. The quantitative estimate of drug-likeness (QED) is 0.683. The summed E-state index contributed by atoms with van der Waals surface area (Å²) >= 11 is 0. The van der Waals surface area contributed by atoms with Gasteiger partial charge in [-0.15, -0.1) is 0 Å².